The molecule has 0 aliphatic heterocycles. The Hall–Kier alpha value is -1.54. The lowest BCUT2D eigenvalue weighted by Crippen LogP contribution is -2.52. The molecule has 1 rings (SSSR count). The van der Waals surface area contributed by atoms with Crippen LogP contribution >= 0.6 is 0 Å². The lowest BCUT2D eigenvalue weighted by atomic mass is 9.78. The van der Waals surface area contributed by atoms with Crippen LogP contribution in [0.5, 0.6) is 0 Å². The monoisotopic (exact) mass is 266 g/mol. The number of nitrogens with zero attached hydrogens (tertiary/aromatic N) is 1. The quantitative estimate of drug-likeness (QED) is 0.699. The van der Waals surface area contributed by atoms with Crippen molar-refractivity contribution < 1.29 is 14.7 Å². The lowest BCUT2D eigenvalue weighted by molar-refractivity contribution is -0.142. The Morgan fingerprint density at radius 2 is 2.00 bits per heavy atom. The van der Waals surface area contributed by atoms with Crippen molar-refractivity contribution in [1.29, 1.82) is 0 Å². The number of aliphatic carboxylic acids is 1. The summed E-state index contributed by atoms with van der Waals surface area (Å²) in [6, 6.07) is 0. The van der Waals surface area contributed by atoms with Crippen LogP contribution < -0.4 is 5.32 Å². The molecule has 0 atom stereocenters. The topological polar surface area (TPSA) is 69.6 Å². The van der Waals surface area contributed by atoms with Crippen LogP contribution in [0.1, 0.15) is 38.5 Å². The molecule has 0 aromatic heterocycles. The fraction of sp³-hybridized carbons (Fsp3) is 0.714. The summed E-state index contributed by atoms with van der Waals surface area (Å²) in [6.45, 7) is 0.396. The molecule has 1 saturated carbocycles. The van der Waals surface area contributed by atoms with Crippen LogP contribution in [0.15, 0.2) is 0 Å². The van der Waals surface area contributed by atoms with Crippen molar-refractivity contribution in [2.45, 2.75) is 44.1 Å². The summed E-state index contributed by atoms with van der Waals surface area (Å²) in [7, 11) is 1.82. The van der Waals surface area contributed by atoms with Crippen molar-refractivity contribution in [3.8, 4) is 12.3 Å². The number of rotatable bonds is 6. The second-order valence-electron chi connectivity index (χ2n) is 5.19. The highest BCUT2D eigenvalue weighted by molar-refractivity contribution is 5.78. The molecule has 0 unspecified atom stereocenters. The molecule has 1 aliphatic rings. The fourth-order valence-corrected chi connectivity index (χ4v) is 2.77. The number of nitrogens with one attached hydrogen (secondary N) is 1. The second kappa shape index (κ2) is 7.15. The van der Waals surface area contributed by atoms with E-state index in [-0.39, 0.29) is 25.4 Å². The zero-order valence-corrected chi connectivity index (χ0v) is 11.4. The average Bonchev–Trinajstić information content (AvgIpc) is 2.36. The normalized spacial score (nSPS) is 17.7. The van der Waals surface area contributed by atoms with Gasteiger partial charge in [0.2, 0.25) is 5.91 Å². The molecule has 1 amide bonds. The molecule has 2 N–H and O–H groups in total. The van der Waals surface area contributed by atoms with Crippen LogP contribution in [-0.4, -0.2) is 47.6 Å². The van der Waals surface area contributed by atoms with Crippen LogP contribution in [0.2, 0.25) is 0 Å². The van der Waals surface area contributed by atoms with Gasteiger partial charge in [-0.2, -0.15) is 0 Å². The molecule has 1 fully saturated rings. The summed E-state index contributed by atoms with van der Waals surface area (Å²) >= 11 is 0. The molecule has 1 aliphatic carbocycles. The maximum absolute atomic E-state index is 11.7. The van der Waals surface area contributed by atoms with Crippen molar-refractivity contribution in [1.82, 2.24) is 10.2 Å². The van der Waals surface area contributed by atoms with E-state index in [0.717, 1.165) is 32.1 Å². The second-order valence-corrected chi connectivity index (χ2v) is 5.19. The van der Waals surface area contributed by atoms with Gasteiger partial charge in [-0.3, -0.25) is 14.5 Å². The van der Waals surface area contributed by atoms with Gasteiger partial charge in [-0.15, -0.1) is 6.42 Å². The van der Waals surface area contributed by atoms with Crippen molar-refractivity contribution in [3.63, 3.8) is 0 Å². The Kier molecular flexibility index (Phi) is 5.84. The van der Waals surface area contributed by atoms with Gasteiger partial charge in [0.15, 0.2) is 0 Å². The Morgan fingerprint density at radius 3 is 2.53 bits per heavy atom. The van der Waals surface area contributed by atoms with E-state index in [2.05, 4.69) is 11.2 Å². The summed E-state index contributed by atoms with van der Waals surface area (Å²) in [5.74, 6) is 1.38. The number of carboxylic acid groups (broad SMARTS) is 1. The maximum Gasteiger partial charge on any atom is 0.305 e. The molecule has 19 heavy (non-hydrogen) atoms. The maximum atomic E-state index is 11.7. The van der Waals surface area contributed by atoms with Crippen LogP contribution in [-0.2, 0) is 9.59 Å². The molecule has 0 heterocycles. The molecular formula is C14H22N2O3. The highest BCUT2D eigenvalue weighted by Crippen LogP contribution is 2.35. The number of hydrogen-bond acceptors (Lipinski definition) is 3. The Labute approximate surface area is 114 Å². The van der Waals surface area contributed by atoms with E-state index in [1.807, 2.05) is 11.9 Å². The number of terminal acetylenes is 1. The zero-order chi connectivity index (χ0) is 14.3. The van der Waals surface area contributed by atoms with Gasteiger partial charge in [-0.1, -0.05) is 25.2 Å². The first-order chi connectivity index (χ1) is 9.00. The molecular weight excluding hydrogens is 244 g/mol. The van der Waals surface area contributed by atoms with Crippen LogP contribution in [0.4, 0.5) is 0 Å². The van der Waals surface area contributed by atoms with Gasteiger partial charge in [0.05, 0.1) is 19.5 Å². The molecule has 0 bridgehead atoms. The van der Waals surface area contributed by atoms with E-state index in [0.29, 0.717) is 0 Å². The summed E-state index contributed by atoms with van der Waals surface area (Å²) in [6.07, 6.45) is 10.0. The summed E-state index contributed by atoms with van der Waals surface area (Å²) in [5, 5.41) is 11.7. The third-order valence-electron chi connectivity index (χ3n) is 3.84. The smallest absolute Gasteiger partial charge is 0.305 e. The molecule has 5 nitrogen and oxygen atoms in total. The Bertz CT molecular complexity index is 367. The summed E-state index contributed by atoms with van der Waals surface area (Å²) in [4.78, 5) is 24.6. The molecule has 5 heteroatoms. The first-order valence-corrected chi connectivity index (χ1v) is 6.63. The number of amides is 1. The number of likely N-dealkylation sites (N-methyl/N-ethyl adjacent to an activating group) is 1. The largest absolute Gasteiger partial charge is 0.481 e. The molecule has 0 spiro atoms. The highest BCUT2D eigenvalue weighted by Gasteiger charge is 2.38. The molecule has 0 saturated heterocycles. The summed E-state index contributed by atoms with van der Waals surface area (Å²) in [5.41, 5.74) is -0.391. The molecule has 0 aromatic carbocycles. The molecule has 106 valence electrons. The van der Waals surface area contributed by atoms with E-state index < -0.39 is 11.5 Å². The molecule has 0 radical (unpaired) electrons. The lowest BCUT2D eigenvalue weighted by Gasteiger charge is -2.43. The van der Waals surface area contributed by atoms with Gasteiger partial charge in [-0.05, 0) is 19.9 Å². The third-order valence-corrected chi connectivity index (χ3v) is 3.84. The minimum Gasteiger partial charge on any atom is -0.481 e. The number of hydrogen-bond donors (Lipinski definition) is 2. The van der Waals surface area contributed by atoms with Gasteiger partial charge in [0.1, 0.15) is 0 Å². The minimum atomic E-state index is -0.808. The standard InChI is InChI=1S/C14H22N2O3/c1-3-9-15-12(17)11-16(2)14(10-13(18)19)7-5-4-6-8-14/h1H,4-11H2,2H3,(H,15,17)(H,18,19). The fourth-order valence-electron chi connectivity index (χ4n) is 2.77. The van der Waals surface area contributed by atoms with Crippen molar-refractivity contribution >= 4 is 11.9 Å². The van der Waals surface area contributed by atoms with Gasteiger partial charge in [-0.25, -0.2) is 0 Å². The van der Waals surface area contributed by atoms with Gasteiger partial charge in [0.25, 0.3) is 0 Å². The van der Waals surface area contributed by atoms with Crippen LogP contribution in [0.25, 0.3) is 0 Å². The number of carboxylic acids is 1. The van der Waals surface area contributed by atoms with Crippen molar-refractivity contribution in [3.05, 3.63) is 0 Å². The first-order valence-electron chi connectivity index (χ1n) is 6.63. The zero-order valence-electron chi connectivity index (χ0n) is 11.4. The third kappa shape index (κ3) is 4.56. The van der Waals surface area contributed by atoms with Gasteiger partial charge in [0, 0.05) is 5.54 Å². The number of carbonyl (C=O) groups excluding carboxylic acids is 1. The van der Waals surface area contributed by atoms with Crippen LogP contribution in [0, 0.1) is 12.3 Å². The summed E-state index contributed by atoms with van der Waals surface area (Å²) < 4.78 is 0. The van der Waals surface area contributed by atoms with E-state index in [4.69, 9.17) is 11.5 Å². The predicted molar refractivity (Wildman–Crippen MR) is 72.5 cm³/mol. The predicted octanol–water partition coefficient (Wildman–Crippen LogP) is 0.845. The SMILES string of the molecule is C#CCNC(=O)CN(C)C1(CC(=O)O)CCCCC1. The van der Waals surface area contributed by atoms with E-state index in [1.165, 1.54) is 0 Å². The number of carbonyl (C=O) groups is 2. The minimum absolute atomic E-state index is 0.0892. The van der Waals surface area contributed by atoms with Crippen molar-refractivity contribution in [2.75, 3.05) is 20.1 Å². The highest BCUT2D eigenvalue weighted by atomic mass is 16.4. The Balaban J connectivity index is 2.66. The van der Waals surface area contributed by atoms with Gasteiger partial charge >= 0.3 is 5.97 Å². The van der Waals surface area contributed by atoms with E-state index in [1.54, 1.807) is 0 Å². The van der Waals surface area contributed by atoms with Gasteiger partial charge < -0.3 is 10.4 Å². The van der Waals surface area contributed by atoms with E-state index >= 15 is 0 Å². The van der Waals surface area contributed by atoms with E-state index in [9.17, 15) is 9.59 Å². The average molecular weight is 266 g/mol. The van der Waals surface area contributed by atoms with Crippen molar-refractivity contribution in [2.24, 2.45) is 0 Å². The molecule has 0 aromatic rings. The Morgan fingerprint density at radius 1 is 1.37 bits per heavy atom. The first kappa shape index (κ1) is 15.5. The van der Waals surface area contributed by atoms with Crippen LogP contribution in [0.3, 0.4) is 0 Å².